The number of rotatable bonds is 2. The number of halogens is 1. The Kier molecular flexibility index (Phi) is 3.22. The molecule has 0 saturated carbocycles. The van der Waals surface area contributed by atoms with Crippen LogP contribution in [-0.4, -0.2) is 5.11 Å². The van der Waals surface area contributed by atoms with Crippen LogP contribution in [-0.2, 0) is 5.60 Å². The third-order valence-corrected chi connectivity index (χ3v) is 3.59. The predicted octanol–water partition coefficient (Wildman–Crippen LogP) is 3.21. The molecule has 0 amide bonds. The first-order chi connectivity index (χ1) is 6.83. The monoisotopic (exact) mass is 267 g/mol. The van der Waals surface area contributed by atoms with Gasteiger partial charge in [0.1, 0.15) is 5.60 Å². The number of benzene rings is 1. The maximum Gasteiger partial charge on any atom is 0.106 e. The first-order valence-electron chi connectivity index (χ1n) is 4.71. The molecule has 0 aliphatic carbocycles. The zero-order valence-corrected chi connectivity index (χ0v) is 10.7. The lowest BCUT2D eigenvalue weighted by Gasteiger charge is -2.35. The topological polar surface area (TPSA) is 44.0 Å². The molecule has 15 heavy (non-hydrogen) atoms. The lowest BCUT2D eigenvalue weighted by Crippen LogP contribution is -2.38. The summed E-state index contributed by atoms with van der Waals surface area (Å²) < 4.78 is 0.818. The van der Waals surface area contributed by atoms with Gasteiger partial charge < -0.3 is 5.11 Å². The van der Waals surface area contributed by atoms with Crippen LogP contribution in [0.25, 0.3) is 0 Å². The Morgan fingerprint density at radius 1 is 1.27 bits per heavy atom. The van der Waals surface area contributed by atoms with E-state index in [1.807, 2.05) is 24.3 Å². The molecule has 0 aliphatic heterocycles. The lowest BCUT2D eigenvalue weighted by atomic mass is 9.73. The van der Waals surface area contributed by atoms with Crippen molar-refractivity contribution in [3.8, 4) is 6.07 Å². The zero-order chi connectivity index (χ0) is 11.7. The van der Waals surface area contributed by atoms with Crippen LogP contribution in [0.5, 0.6) is 0 Å². The van der Waals surface area contributed by atoms with E-state index in [1.54, 1.807) is 20.8 Å². The second-order valence-electron chi connectivity index (χ2n) is 4.29. The quantitative estimate of drug-likeness (QED) is 0.895. The SMILES string of the molecule is CC(C)(C#N)C(C)(O)c1ccccc1Br. The maximum absolute atomic E-state index is 10.4. The van der Waals surface area contributed by atoms with Gasteiger partial charge in [-0.25, -0.2) is 0 Å². The summed E-state index contributed by atoms with van der Waals surface area (Å²) in [5, 5.41) is 19.5. The summed E-state index contributed by atoms with van der Waals surface area (Å²) in [6.07, 6.45) is 0. The van der Waals surface area contributed by atoms with Crippen LogP contribution in [0, 0.1) is 16.7 Å². The molecule has 0 saturated heterocycles. The smallest absolute Gasteiger partial charge is 0.106 e. The number of aliphatic hydroxyl groups is 1. The summed E-state index contributed by atoms with van der Waals surface area (Å²) in [4.78, 5) is 0. The van der Waals surface area contributed by atoms with Crippen molar-refractivity contribution in [1.82, 2.24) is 0 Å². The molecule has 80 valence electrons. The Labute approximate surface area is 98.7 Å². The first-order valence-corrected chi connectivity index (χ1v) is 5.51. The molecule has 0 aromatic heterocycles. The average Bonchev–Trinajstić information content (AvgIpc) is 2.18. The van der Waals surface area contributed by atoms with Crippen molar-refractivity contribution in [2.24, 2.45) is 5.41 Å². The molecule has 1 atom stereocenters. The van der Waals surface area contributed by atoms with Crippen molar-refractivity contribution in [2.45, 2.75) is 26.4 Å². The molecular weight excluding hydrogens is 254 g/mol. The fourth-order valence-corrected chi connectivity index (χ4v) is 1.97. The van der Waals surface area contributed by atoms with Gasteiger partial charge >= 0.3 is 0 Å². The van der Waals surface area contributed by atoms with E-state index >= 15 is 0 Å². The van der Waals surface area contributed by atoms with E-state index in [9.17, 15) is 5.11 Å². The molecule has 0 bridgehead atoms. The largest absolute Gasteiger partial charge is 0.384 e. The van der Waals surface area contributed by atoms with Crippen LogP contribution < -0.4 is 0 Å². The van der Waals surface area contributed by atoms with Gasteiger partial charge in [-0.2, -0.15) is 5.26 Å². The summed E-state index contributed by atoms with van der Waals surface area (Å²) in [6, 6.07) is 9.54. The van der Waals surface area contributed by atoms with Crippen LogP contribution in [0.4, 0.5) is 0 Å². The molecule has 0 fully saturated rings. The molecule has 1 aromatic carbocycles. The fourth-order valence-electron chi connectivity index (χ4n) is 1.30. The molecule has 1 rings (SSSR count). The Balaban J connectivity index is 3.30. The number of nitriles is 1. The summed E-state index contributed by atoms with van der Waals surface area (Å²) in [5.41, 5.74) is -1.28. The number of hydrogen-bond acceptors (Lipinski definition) is 2. The second kappa shape index (κ2) is 3.96. The van der Waals surface area contributed by atoms with E-state index in [2.05, 4.69) is 22.0 Å². The Hall–Kier alpha value is -0.850. The summed E-state index contributed by atoms with van der Waals surface area (Å²) in [6.45, 7) is 5.12. The molecule has 3 heteroatoms. The minimum absolute atomic E-state index is 0.733. The highest BCUT2D eigenvalue weighted by molar-refractivity contribution is 9.10. The van der Waals surface area contributed by atoms with Crippen molar-refractivity contribution in [1.29, 1.82) is 5.26 Å². The summed E-state index contributed by atoms with van der Waals surface area (Å²) in [7, 11) is 0. The van der Waals surface area contributed by atoms with Gasteiger partial charge in [0.25, 0.3) is 0 Å². The van der Waals surface area contributed by atoms with Gasteiger partial charge in [0.2, 0.25) is 0 Å². The highest BCUT2D eigenvalue weighted by Gasteiger charge is 2.42. The van der Waals surface area contributed by atoms with Gasteiger partial charge in [-0.15, -0.1) is 0 Å². The minimum Gasteiger partial charge on any atom is -0.384 e. The van der Waals surface area contributed by atoms with Crippen LogP contribution >= 0.6 is 15.9 Å². The van der Waals surface area contributed by atoms with Gasteiger partial charge in [0.05, 0.1) is 11.5 Å². The fraction of sp³-hybridized carbons (Fsp3) is 0.417. The van der Waals surface area contributed by atoms with Gasteiger partial charge in [0.15, 0.2) is 0 Å². The van der Waals surface area contributed by atoms with E-state index in [0.29, 0.717) is 0 Å². The van der Waals surface area contributed by atoms with Crippen LogP contribution in [0.2, 0.25) is 0 Å². The molecule has 0 spiro atoms. The van der Waals surface area contributed by atoms with Crippen molar-refractivity contribution < 1.29 is 5.11 Å². The molecular formula is C12H14BrNO. The third kappa shape index (κ3) is 2.06. The lowest BCUT2D eigenvalue weighted by molar-refractivity contribution is -0.0273. The second-order valence-corrected chi connectivity index (χ2v) is 5.14. The van der Waals surface area contributed by atoms with Crippen molar-refractivity contribution in [2.75, 3.05) is 0 Å². The van der Waals surface area contributed by atoms with E-state index in [-0.39, 0.29) is 0 Å². The van der Waals surface area contributed by atoms with Crippen LogP contribution in [0.15, 0.2) is 28.7 Å². The van der Waals surface area contributed by atoms with Crippen LogP contribution in [0.1, 0.15) is 26.3 Å². The number of nitrogens with zero attached hydrogens (tertiary/aromatic N) is 1. The maximum atomic E-state index is 10.4. The molecule has 2 nitrogen and oxygen atoms in total. The molecule has 1 aromatic rings. The first kappa shape index (κ1) is 12.2. The van der Waals surface area contributed by atoms with E-state index in [1.165, 1.54) is 0 Å². The van der Waals surface area contributed by atoms with Gasteiger partial charge in [-0.1, -0.05) is 34.1 Å². The zero-order valence-electron chi connectivity index (χ0n) is 9.08. The summed E-state index contributed by atoms with van der Waals surface area (Å²) in [5.74, 6) is 0. The van der Waals surface area contributed by atoms with Gasteiger partial charge in [-0.05, 0) is 32.4 Å². The van der Waals surface area contributed by atoms with Crippen molar-refractivity contribution >= 4 is 15.9 Å². The third-order valence-electron chi connectivity index (χ3n) is 2.89. The van der Waals surface area contributed by atoms with E-state index < -0.39 is 11.0 Å². The molecule has 1 N–H and O–H groups in total. The number of hydrogen-bond donors (Lipinski definition) is 1. The molecule has 0 heterocycles. The summed E-state index contributed by atoms with van der Waals surface area (Å²) >= 11 is 3.38. The molecule has 0 radical (unpaired) electrons. The Morgan fingerprint density at radius 3 is 2.27 bits per heavy atom. The van der Waals surface area contributed by atoms with Gasteiger partial charge in [0, 0.05) is 4.47 Å². The standard InChI is InChI=1S/C12H14BrNO/c1-11(2,8-14)12(3,15)9-6-4-5-7-10(9)13/h4-7,15H,1-3H3. The Bertz CT molecular complexity index is 404. The van der Waals surface area contributed by atoms with Gasteiger partial charge in [-0.3, -0.25) is 0 Å². The van der Waals surface area contributed by atoms with E-state index in [4.69, 9.17) is 5.26 Å². The molecule has 0 aliphatic rings. The van der Waals surface area contributed by atoms with Crippen molar-refractivity contribution in [3.05, 3.63) is 34.3 Å². The Morgan fingerprint density at radius 2 is 1.80 bits per heavy atom. The minimum atomic E-state index is -1.18. The molecule has 1 unspecified atom stereocenters. The van der Waals surface area contributed by atoms with Crippen molar-refractivity contribution in [3.63, 3.8) is 0 Å². The highest BCUT2D eigenvalue weighted by atomic mass is 79.9. The predicted molar refractivity (Wildman–Crippen MR) is 63.1 cm³/mol. The average molecular weight is 268 g/mol. The normalized spacial score (nSPS) is 15.5. The van der Waals surface area contributed by atoms with E-state index in [0.717, 1.165) is 10.0 Å². The van der Waals surface area contributed by atoms with Crippen LogP contribution in [0.3, 0.4) is 0 Å². The highest BCUT2D eigenvalue weighted by Crippen LogP contribution is 2.41.